The van der Waals surface area contributed by atoms with Crippen LogP contribution in [0, 0.1) is 41.4 Å². The summed E-state index contributed by atoms with van der Waals surface area (Å²) in [6.45, 7) is 11.7. The quantitative estimate of drug-likeness (QED) is 0.0295. The summed E-state index contributed by atoms with van der Waals surface area (Å²) in [5.41, 5.74) is 4.25. The zero-order chi connectivity index (χ0) is 72.3. The summed E-state index contributed by atoms with van der Waals surface area (Å²) in [6, 6.07) is 14.4. The number of aliphatic hydroxyl groups is 6. The van der Waals surface area contributed by atoms with Crippen molar-refractivity contribution in [1.29, 1.82) is 0 Å². The molecule has 0 spiro atoms. The van der Waals surface area contributed by atoms with Gasteiger partial charge in [-0.1, -0.05) is 108 Å². The first-order valence-electron chi connectivity index (χ1n) is 35.5. The fraction of sp³-hybridized carbons (Fsp3) is 0.685. The van der Waals surface area contributed by atoms with Crippen LogP contribution in [-0.4, -0.2) is 221 Å². The second-order valence-electron chi connectivity index (χ2n) is 27.1. The highest BCUT2D eigenvalue weighted by atomic mass is 16.7. The van der Waals surface area contributed by atoms with Gasteiger partial charge in [-0.3, -0.25) is 33.6 Å². The minimum absolute atomic E-state index is 0.00855. The Hall–Kier alpha value is -6.33. The molecule has 2 unspecified atom stereocenters. The molecular formula is C73H106N6O21. The van der Waals surface area contributed by atoms with Crippen LogP contribution in [0.5, 0.6) is 0 Å². The first-order chi connectivity index (χ1) is 48.1. The van der Waals surface area contributed by atoms with Gasteiger partial charge in [0.15, 0.2) is 18.3 Å². The number of aromatic nitrogens is 3. The highest BCUT2D eigenvalue weighted by Crippen LogP contribution is 2.37. The minimum atomic E-state index is -1.72. The molecule has 14 atom stereocenters. The zero-order valence-electron chi connectivity index (χ0n) is 58.8. The first-order valence-corrected chi connectivity index (χ1v) is 35.5. The van der Waals surface area contributed by atoms with E-state index < -0.39 is 110 Å². The third kappa shape index (κ3) is 23.9. The second-order valence-corrected chi connectivity index (χ2v) is 27.1. The Morgan fingerprint density at radius 2 is 1.36 bits per heavy atom. The number of carbonyl (C=O) groups excluding carboxylic acids is 7. The third-order valence-electron chi connectivity index (χ3n) is 18.7. The number of nitrogens with zero attached hydrogens (tertiary/aromatic N) is 4. The van der Waals surface area contributed by atoms with Gasteiger partial charge in [0.25, 0.3) is 0 Å². The van der Waals surface area contributed by atoms with Gasteiger partial charge in [0.1, 0.15) is 66.3 Å². The Morgan fingerprint density at radius 1 is 0.690 bits per heavy atom. The zero-order valence-corrected chi connectivity index (χ0v) is 58.8. The monoisotopic (exact) mass is 1400 g/mol. The van der Waals surface area contributed by atoms with Crippen molar-refractivity contribution in [3.8, 4) is 11.8 Å². The van der Waals surface area contributed by atoms with E-state index in [2.05, 4.69) is 32.8 Å². The van der Waals surface area contributed by atoms with E-state index in [4.69, 9.17) is 37.9 Å². The largest absolute Gasteiger partial charge is 0.394 e. The van der Waals surface area contributed by atoms with E-state index in [9.17, 15) is 64.2 Å². The van der Waals surface area contributed by atoms with E-state index >= 15 is 0 Å². The number of aliphatic hydroxyl groups excluding tert-OH is 6. The smallest absolute Gasteiger partial charge is 0.246 e. The standard InChI is InChI=1S/C73H106N6O21/c1-45(2)63(57(84)39-47(5)65(87)46(3)4)75-71(92)51(40-54(83)29-32-94-34-36-96-38-37-95-35-33-93-31-16-21-53(82)27-28-62(86)78-41-52-20-11-10-17-49(52)25-26-50-18-12-13-22-55(50)78)19-14-15-30-74-61(85)44-97-58-24-9-7-8-23-56-64(58)76-77-79(56)72-68(90)67(89)70(60(43-81)98-72)100-73-69(91)66(88)48(6)59(42-80)99-73/h10-13,17-18,20,22,45-48,51,58-60,63,66-70,72-73,80-81,88-91H,7-9,14-16,19,21,23-24,27-44H2,1-6H3,(H,74,85)(H,75,92)/t47-,48-,51+,58?,59-,60-,63+,66+,67-,68-,69-,70-,72?,73-/m1/s1. The molecule has 4 aliphatic rings. The maximum atomic E-state index is 14.1. The number of ether oxygens (including phenoxy) is 8. The molecule has 4 heterocycles. The van der Waals surface area contributed by atoms with Gasteiger partial charge in [-0.05, 0) is 68.2 Å². The van der Waals surface area contributed by atoms with Crippen LogP contribution in [0.1, 0.15) is 172 Å². The molecule has 2 aromatic carbocycles. The predicted molar refractivity (Wildman–Crippen MR) is 362 cm³/mol. The van der Waals surface area contributed by atoms with Crippen molar-refractivity contribution in [2.75, 3.05) is 84.1 Å². The van der Waals surface area contributed by atoms with E-state index in [-0.39, 0.29) is 112 Å². The number of anilines is 1. The predicted octanol–water partition coefficient (Wildman–Crippen LogP) is 3.88. The first kappa shape index (κ1) is 81.0. The van der Waals surface area contributed by atoms with Crippen LogP contribution in [0.15, 0.2) is 48.5 Å². The third-order valence-corrected chi connectivity index (χ3v) is 18.7. The van der Waals surface area contributed by atoms with Crippen LogP contribution >= 0.6 is 0 Å². The molecule has 0 bridgehead atoms. The molecule has 2 saturated heterocycles. The molecule has 3 aromatic rings. The van der Waals surface area contributed by atoms with Crippen molar-refractivity contribution in [2.24, 2.45) is 29.6 Å². The number of benzene rings is 2. The van der Waals surface area contributed by atoms with Gasteiger partial charge < -0.3 is 84.1 Å². The summed E-state index contributed by atoms with van der Waals surface area (Å²) in [5.74, 6) is 2.27. The lowest BCUT2D eigenvalue weighted by Gasteiger charge is -2.46. The lowest BCUT2D eigenvalue weighted by atomic mass is 9.87. The maximum Gasteiger partial charge on any atom is 0.246 e. The van der Waals surface area contributed by atoms with Gasteiger partial charge in [0.2, 0.25) is 17.7 Å². The Bertz CT molecular complexity index is 3170. The number of amides is 3. The van der Waals surface area contributed by atoms with Gasteiger partial charge in [-0.15, -0.1) is 5.10 Å². The average Bonchev–Trinajstić information content (AvgIpc) is 1.43. The highest BCUT2D eigenvalue weighted by molar-refractivity contribution is 5.97. The van der Waals surface area contributed by atoms with Crippen LogP contribution in [0.25, 0.3) is 0 Å². The number of hydrogen-bond acceptors (Lipinski definition) is 23. The van der Waals surface area contributed by atoms with Crippen molar-refractivity contribution < 1.29 is 102 Å². The van der Waals surface area contributed by atoms with E-state index in [1.165, 1.54) is 4.68 Å². The highest BCUT2D eigenvalue weighted by Gasteiger charge is 2.51. The number of para-hydroxylation sites is 1. The number of ketones is 4. The number of nitrogens with one attached hydrogen (secondary N) is 2. The Balaban J connectivity index is 0.791. The number of hydrogen-bond donors (Lipinski definition) is 8. The van der Waals surface area contributed by atoms with Crippen molar-refractivity contribution >= 4 is 46.5 Å². The SMILES string of the molecule is CC(C)C(=O)[C@H](C)CC(=O)[C@@H](NC(=O)[C@@H](CCCCNC(=O)COC1CCCCCc2c1nnn2C1O[C@H](CO)[C@@H](O[C@H]2O[C@H](CO)[C@@H](C)[C@H](O)[C@H]2O)[C@H](O)[C@H]1O)CC(=O)CCOCCOCCOCCOCCCC(=O)CCC(=O)N1Cc2ccccc2C#Cc2ccccc21)C(C)C. The molecule has 0 saturated carbocycles. The Morgan fingerprint density at radius 3 is 2.06 bits per heavy atom. The van der Waals surface area contributed by atoms with Crippen LogP contribution < -0.4 is 15.5 Å². The van der Waals surface area contributed by atoms with Gasteiger partial charge in [-0.25, -0.2) is 4.68 Å². The van der Waals surface area contributed by atoms with Crippen molar-refractivity contribution in [3.05, 3.63) is 76.6 Å². The van der Waals surface area contributed by atoms with Gasteiger partial charge in [0, 0.05) is 86.5 Å². The molecular weight excluding hydrogens is 1300 g/mol. The van der Waals surface area contributed by atoms with Crippen molar-refractivity contribution in [1.82, 2.24) is 25.6 Å². The van der Waals surface area contributed by atoms with Crippen molar-refractivity contribution in [2.45, 2.75) is 212 Å². The summed E-state index contributed by atoms with van der Waals surface area (Å²) in [4.78, 5) is 95.1. The molecule has 7 rings (SSSR count). The van der Waals surface area contributed by atoms with E-state index in [0.29, 0.717) is 95.9 Å². The maximum absolute atomic E-state index is 14.1. The van der Waals surface area contributed by atoms with Gasteiger partial charge in [-0.2, -0.15) is 0 Å². The summed E-state index contributed by atoms with van der Waals surface area (Å²) < 4.78 is 47.7. The molecule has 1 aromatic heterocycles. The van der Waals surface area contributed by atoms with Crippen molar-refractivity contribution in [3.63, 3.8) is 0 Å². The Kier molecular flexibility index (Phi) is 33.8. The van der Waals surface area contributed by atoms with Crippen LogP contribution in [-0.2, 0) is 84.4 Å². The lowest BCUT2D eigenvalue weighted by Crippen LogP contribution is -2.62. The second kappa shape index (κ2) is 41.7. The van der Waals surface area contributed by atoms with Crippen LogP contribution in [0.4, 0.5) is 5.69 Å². The van der Waals surface area contributed by atoms with Gasteiger partial charge in [0.05, 0.1) is 95.6 Å². The minimum Gasteiger partial charge on any atom is -0.394 e. The molecule has 8 N–H and O–H groups in total. The molecule has 3 aliphatic heterocycles. The van der Waals surface area contributed by atoms with E-state index in [0.717, 1.165) is 35.2 Å². The number of unbranched alkanes of at least 4 members (excludes halogenated alkanes) is 1. The average molecular weight is 1400 g/mol. The molecule has 27 heteroatoms. The summed E-state index contributed by atoms with van der Waals surface area (Å²) >= 11 is 0. The van der Waals surface area contributed by atoms with Gasteiger partial charge >= 0.3 is 0 Å². The summed E-state index contributed by atoms with van der Waals surface area (Å²) in [7, 11) is 0. The Labute approximate surface area is 586 Å². The van der Waals surface area contributed by atoms with Crippen LogP contribution in [0.2, 0.25) is 0 Å². The lowest BCUT2D eigenvalue weighted by molar-refractivity contribution is -0.341. The van der Waals surface area contributed by atoms with Crippen LogP contribution in [0.3, 0.4) is 0 Å². The topological polar surface area (TPSA) is 373 Å². The number of rotatable bonds is 42. The molecule has 100 heavy (non-hydrogen) atoms. The fourth-order valence-electron chi connectivity index (χ4n) is 12.8. The fourth-order valence-corrected chi connectivity index (χ4v) is 12.8. The van der Waals surface area contributed by atoms with E-state index in [1.54, 1.807) is 32.6 Å². The molecule has 2 fully saturated rings. The molecule has 554 valence electrons. The number of Topliss-reactive ketones (excluding diaryl/α,β-unsaturated/α-hetero) is 4. The summed E-state index contributed by atoms with van der Waals surface area (Å²) in [5, 5.41) is 78.9. The number of carbonyl (C=O) groups is 7. The molecule has 0 radical (unpaired) electrons. The number of fused-ring (bicyclic) bond motifs is 3. The summed E-state index contributed by atoms with van der Waals surface area (Å²) in [6.07, 6.45) is -8.36. The van der Waals surface area contributed by atoms with E-state index in [1.807, 2.05) is 62.4 Å². The molecule has 1 aliphatic carbocycles. The molecule has 3 amide bonds. The molecule has 27 nitrogen and oxygen atoms in total. The normalized spacial score (nSPS) is 23.8.